The van der Waals surface area contributed by atoms with Crippen molar-refractivity contribution in [1.82, 2.24) is 5.32 Å². The van der Waals surface area contributed by atoms with Crippen LogP contribution in [0.3, 0.4) is 0 Å². The van der Waals surface area contributed by atoms with E-state index in [-0.39, 0.29) is 12.0 Å². The van der Waals surface area contributed by atoms with E-state index < -0.39 is 5.54 Å². The van der Waals surface area contributed by atoms with Crippen molar-refractivity contribution >= 4 is 5.97 Å². The lowest BCUT2D eigenvalue weighted by Gasteiger charge is -2.35. The Bertz CT molecular complexity index is 317. The first-order valence-electron chi connectivity index (χ1n) is 8.36. The van der Waals surface area contributed by atoms with Crippen LogP contribution >= 0.6 is 0 Å². The second-order valence-electron chi connectivity index (χ2n) is 6.93. The SMILES string of the molecule is COC(=O)C1(NC(C)C)CCCC1CCOCCC(C)C. The Morgan fingerprint density at radius 3 is 2.57 bits per heavy atom. The Labute approximate surface area is 130 Å². The minimum atomic E-state index is -0.510. The number of nitrogens with one attached hydrogen (secondary N) is 1. The molecule has 1 rings (SSSR count). The summed E-state index contributed by atoms with van der Waals surface area (Å²) >= 11 is 0. The van der Waals surface area contributed by atoms with Crippen LogP contribution in [-0.2, 0) is 14.3 Å². The van der Waals surface area contributed by atoms with Crippen LogP contribution in [0.2, 0.25) is 0 Å². The number of methoxy groups -OCH3 is 1. The molecule has 2 atom stereocenters. The van der Waals surface area contributed by atoms with Crippen LogP contribution in [0.1, 0.15) is 59.8 Å². The molecule has 1 fully saturated rings. The van der Waals surface area contributed by atoms with Gasteiger partial charge in [0.25, 0.3) is 0 Å². The van der Waals surface area contributed by atoms with Crippen LogP contribution < -0.4 is 5.32 Å². The predicted molar refractivity (Wildman–Crippen MR) is 85.3 cm³/mol. The zero-order chi connectivity index (χ0) is 15.9. The Morgan fingerprint density at radius 1 is 1.29 bits per heavy atom. The lowest BCUT2D eigenvalue weighted by Crippen LogP contribution is -2.57. The molecule has 1 N–H and O–H groups in total. The highest BCUT2D eigenvalue weighted by Crippen LogP contribution is 2.39. The van der Waals surface area contributed by atoms with Gasteiger partial charge in [0.05, 0.1) is 7.11 Å². The van der Waals surface area contributed by atoms with Crippen molar-refractivity contribution in [1.29, 1.82) is 0 Å². The highest BCUT2D eigenvalue weighted by atomic mass is 16.5. The fraction of sp³-hybridized carbons (Fsp3) is 0.941. The maximum Gasteiger partial charge on any atom is 0.326 e. The van der Waals surface area contributed by atoms with E-state index in [1.807, 2.05) is 0 Å². The molecule has 0 saturated heterocycles. The fourth-order valence-corrected chi connectivity index (χ4v) is 3.33. The van der Waals surface area contributed by atoms with Gasteiger partial charge in [-0.2, -0.15) is 0 Å². The Morgan fingerprint density at radius 2 is 2.00 bits per heavy atom. The van der Waals surface area contributed by atoms with Gasteiger partial charge in [0, 0.05) is 19.3 Å². The van der Waals surface area contributed by atoms with E-state index in [0.29, 0.717) is 11.8 Å². The van der Waals surface area contributed by atoms with E-state index in [2.05, 4.69) is 33.0 Å². The van der Waals surface area contributed by atoms with Crippen LogP contribution in [0.15, 0.2) is 0 Å². The molecule has 21 heavy (non-hydrogen) atoms. The lowest BCUT2D eigenvalue weighted by molar-refractivity contribution is -0.151. The van der Waals surface area contributed by atoms with Crippen molar-refractivity contribution in [3.8, 4) is 0 Å². The molecule has 1 saturated carbocycles. The van der Waals surface area contributed by atoms with Gasteiger partial charge in [-0.3, -0.25) is 10.1 Å². The summed E-state index contributed by atoms with van der Waals surface area (Å²) in [6, 6.07) is 0.270. The third-order valence-electron chi connectivity index (χ3n) is 4.37. The summed E-state index contributed by atoms with van der Waals surface area (Å²) in [5.41, 5.74) is -0.510. The van der Waals surface area contributed by atoms with Gasteiger partial charge in [-0.05, 0) is 51.4 Å². The molecule has 0 aliphatic heterocycles. The van der Waals surface area contributed by atoms with Gasteiger partial charge in [0.2, 0.25) is 0 Å². The first kappa shape index (κ1) is 18.4. The summed E-state index contributed by atoms with van der Waals surface area (Å²) in [5.74, 6) is 0.875. The van der Waals surface area contributed by atoms with Crippen molar-refractivity contribution in [3.63, 3.8) is 0 Å². The minimum absolute atomic E-state index is 0.110. The standard InChI is InChI=1S/C17H33NO3/c1-13(2)8-11-21-12-9-15-7-6-10-17(15,16(19)20-5)18-14(3)4/h13-15,18H,6-12H2,1-5H3. The molecule has 0 radical (unpaired) electrons. The molecule has 0 aromatic heterocycles. The molecule has 4 heteroatoms. The quantitative estimate of drug-likeness (QED) is 0.525. The molecule has 0 spiro atoms. The molecule has 1 aliphatic rings. The molecule has 4 nitrogen and oxygen atoms in total. The summed E-state index contributed by atoms with van der Waals surface area (Å²) in [4.78, 5) is 12.3. The van der Waals surface area contributed by atoms with Crippen LogP contribution in [0.5, 0.6) is 0 Å². The zero-order valence-electron chi connectivity index (χ0n) is 14.4. The van der Waals surface area contributed by atoms with Crippen LogP contribution in [-0.4, -0.2) is 37.9 Å². The molecule has 0 heterocycles. The van der Waals surface area contributed by atoms with Crippen molar-refractivity contribution in [2.24, 2.45) is 11.8 Å². The summed E-state index contributed by atoms with van der Waals surface area (Å²) in [5, 5.41) is 3.49. The molecular weight excluding hydrogens is 266 g/mol. The molecular formula is C17H33NO3. The summed E-state index contributed by atoms with van der Waals surface area (Å²) in [6.07, 6.45) is 5.03. The Hall–Kier alpha value is -0.610. The first-order valence-corrected chi connectivity index (χ1v) is 8.36. The smallest absolute Gasteiger partial charge is 0.326 e. The van der Waals surface area contributed by atoms with Crippen molar-refractivity contribution in [2.45, 2.75) is 71.4 Å². The molecule has 1 aliphatic carbocycles. The largest absolute Gasteiger partial charge is 0.468 e. The van der Waals surface area contributed by atoms with Gasteiger partial charge in [-0.15, -0.1) is 0 Å². The van der Waals surface area contributed by atoms with Gasteiger partial charge in [-0.25, -0.2) is 0 Å². The van der Waals surface area contributed by atoms with Crippen molar-refractivity contribution in [2.75, 3.05) is 20.3 Å². The molecule has 0 aromatic rings. The molecule has 124 valence electrons. The van der Waals surface area contributed by atoms with E-state index in [0.717, 1.165) is 45.3 Å². The van der Waals surface area contributed by atoms with Gasteiger partial charge in [-0.1, -0.05) is 20.3 Å². The van der Waals surface area contributed by atoms with Crippen molar-refractivity contribution in [3.05, 3.63) is 0 Å². The van der Waals surface area contributed by atoms with Crippen LogP contribution in [0.25, 0.3) is 0 Å². The summed E-state index contributed by atoms with van der Waals surface area (Å²) in [6.45, 7) is 10.1. The van der Waals surface area contributed by atoms with E-state index in [4.69, 9.17) is 9.47 Å². The number of carbonyl (C=O) groups is 1. The van der Waals surface area contributed by atoms with Crippen LogP contribution in [0.4, 0.5) is 0 Å². The van der Waals surface area contributed by atoms with E-state index >= 15 is 0 Å². The molecule has 2 unspecified atom stereocenters. The van der Waals surface area contributed by atoms with E-state index in [1.165, 1.54) is 7.11 Å². The normalized spacial score (nSPS) is 25.8. The lowest BCUT2D eigenvalue weighted by atomic mass is 9.84. The van der Waals surface area contributed by atoms with Crippen LogP contribution in [0, 0.1) is 11.8 Å². The number of hydrogen-bond donors (Lipinski definition) is 1. The Balaban J connectivity index is 2.55. The number of ether oxygens (including phenoxy) is 2. The average molecular weight is 299 g/mol. The third kappa shape index (κ3) is 5.26. The summed E-state index contributed by atoms with van der Waals surface area (Å²) < 4.78 is 10.8. The number of rotatable bonds is 9. The zero-order valence-corrected chi connectivity index (χ0v) is 14.4. The molecule has 0 aromatic carbocycles. The van der Waals surface area contributed by atoms with Crippen molar-refractivity contribution < 1.29 is 14.3 Å². The number of hydrogen-bond acceptors (Lipinski definition) is 4. The highest BCUT2D eigenvalue weighted by molar-refractivity contribution is 5.81. The highest BCUT2D eigenvalue weighted by Gasteiger charge is 2.49. The van der Waals surface area contributed by atoms with E-state index in [1.54, 1.807) is 0 Å². The topological polar surface area (TPSA) is 47.6 Å². The number of carbonyl (C=O) groups excluding carboxylic acids is 1. The van der Waals surface area contributed by atoms with Gasteiger partial charge < -0.3 is 9.47 Å². The summed E-state index contributed by atoms with van der Waals surface area (Å²) in [7, 11) is 1.49. The molecule has 0 amide bonds. The number of esters is 1. The third-order valence-corrected chi connectivity index (χ3v) is 4.37. The van der Waals surface area contributed by atoms with Gasteiger partial charge in [0.1, 0.15) is 5.54 Å². The first-order chi connectivity index (χ1) is 9.92. The van der Waals surface area contributed by atoms with Gasteiger partial charge >= 0.3 is 5.97 Å². The van der Waals surface area contributed by atoms with Gasteiger partial charge in [0.15, 0.2) is 0 Å². The fourth-order valence-electron chi connectivity index (χ4n) is 3.33. The monoisotopic (exact) mass is 299 g/mol. The maximum absolute atomic E-state index is 12.3. The average Bonchev–Trinajstić information content (AvgIpc) is 2.80. The maximum atomic E-state index is 12.3. The minimum Gasteiger partial charge on any atom is -0.468 e. The van der Waals surface area contributed by atoms with E-state index in [9.17, 15) is 4.79 Å². The second-order valence-corrected chi connectivity index (χ2v) is 6.93. The molecule has 0 bridgehead atoms. The second kappa shape index (κ2) is 8.74. The predicted octanol–water partition coefficient (Wildman–Crippen LogP) is 3.15. The Kier molecular flexibility index (Phi) is 7.67.